The van der Waals surface area contributed by atoms with Crippen LogP contribution in [0.2, 0.25) is 0 Å². The summed E-state index contributed by atoms with van der Waals surface area (Å²) in [6.45, 7) is 1.81. The number of nitro benzene ring substituents is 1. The number of amides is 1. The minimum absolute atomic E-state index is 0.0140. The molecule has 1 aliphatic rings. The van der Waals surface area contributed by atoms with Gasteiger partial charge in [-0.25, -0.2) is 4.79 Å². The van der Waals surface area contributed by atoms with Gasteiger partial charge in [0.25, 0.3) is 11.6 Å². The first-order valence-electron chi connectivity index (χ1n) is 7.77. The zero-order chi connectivity index (χ0) is 18.1. The van der Waals surface area contributed by atoms with E-state index in [1.165, 1.54) is 12.3 Å². The lowest BCUT2D eigenvalue weighted by Gasteiger charge is -2.28. The number of hydrogen-bond acceptors (Lipinski definition) is 5. The second kappa shape index (κ2) is 6.39. The average Bonchev–Trinajstić information content (AvgIpc) is 3.25. The van der Waals surface area contributed by atoms with Crippen molar-refractivity contribution in [2.45, 2.75) is 31.8 Å². The smallest absolute Gasteiger partial charge is 0.335 e. The van der Waals surface area contributed by atoms with Crippen LogP contribution >= 0.6 is 0 Å². The van der Waals surface area contributed by atoms with E-state index in [-0.39, 0.29) is 23.2 Å². The van der Waals surface area contributed by atoms with E-state index in [0.29, 0.717) is 5.76 Å². The van der Waals surface area contributed by atoms with Gasteiger partial charge in [-0.15, -0.1) is 0 Å². The van der Waals surface area contributed by atoms with Gasteiger partial charge < -0.3 is 14.4 Å². The van der Waals surface area contributed by atoms with E-state index in [0.717, 1.165) is 25.0 Å². The van der Waals surface area contributed by atoms with Crippen molar-refractivity contribution in [1.82, 2.24) is 4.90 Å². The molecule has 1 aliphatic carbocycles. The molecule has 130 valence electrons. The number of carbonyl (C=O) groups is 2. The maximum Gasteiger partial charge on any atom is 0.335 e. The molecule has 0 saturated heterocycles. The van der Waals surface area contributed by atoms with Crippen molar-refractivity contribution < 1.29 is 24.0 Å². The number of nitro groups is 1. The summed E-state index contributed by atoms with van der Waals surface area (Å²) in [5.74, 6) is -1.17. The largest absolute Gasteiger partial charge is 0.478 e. The summed E-state index contributed by atoms with van der Waals surface area (Å²) >= 11 is 0. The molecule has 0 bridgehead atoms. The zero-order valence-electron chi connectivity index (χ0n) is 13.4. The number of aromatic carboxylic acids is 1. The molecule has 8 nitrogen and oxygen atoms in total. The Morgan fingerprint density at radius 1 is 1.32 bits per heavy atom. The third-order valence-electron chi connectivity index (χ3n) is 4.17. The molecule has 1 amide bonds. The summed E-state index contributed by atoms with van der Waals surface area (Å²) in [4.78, 5) is 36.2. The van der Waals surface area contributed by atoms with Crippen molar-refractivity contribution in [3.8, 4) is 0 Å². The lowest BCUT2D eigenvalue weighted by molar-refractivity contribution is -0.384. The van der Waals surface area contributed by atoms with Gasteiger partial charge in [0.2, 0.25) is 0 Å². The number of non-ortho nitro benzene ring substituents is 1. The molecule has 1 unspecified atom stereocenters. The summed E-state index contributed by atoms with van der Waals surface area (Å²) in [6, 6.07) is 6.35. The van der Waals surface area contributed by atoms with Gasteiger partial charge in [-0.3, -0.25) is 14.9 Å². The number of carboxylic acids is 1. The second-order valence-corrected chi connectivity index (χ2v) is 5.97. The van der Waals surface area contributed by atoms with Gasteiger partial charge in [-0.1, -0.05) is 0 Å². The molecule has 1 N–H and O–H groups in total. The number of nitrogens with zero attached hydrogens (tertiary/aromatic N) is 2. The van der Waals surface area contributed by atoms with Crippen LogP contribution in [-0.4, -0.2) is 32.8 Å². The van der Waals surface area contributed by atoms with Gasteiger partial charge in [-0.05, 0) is 38.0 Å². The first-order valence-corrected chi connectivity index (χ1v) is 7.77. The first kappa shape index (κ1) is 16.7. The quantitative estimate of drug-likeness (QED) is 0.635. The van der Waals surface area contributed by atoms with E-state index in [1.54, 1.807) is 17.0 Å². The maximum atomic E-state index is 13.0. The fraction of sp³-hybridized carbons (Fsp3) is 0.294. The highest BCUT2D eigenvalue weighted by atomic mass is 16.6. The molecule has 0 radical (unpaired) electrons. The number of rotatable bonds is 6. The molecular weight excluding hydrogens is 328 g/mol. The molecular formula is C17H16N2O6. The predicted octanol–water partition coefficient (Wildman–Crippen LogP) is 3.25. The monoisotopic (exact) mass is 344 g/mol. The maximum absolute atomic E-state index is 13.0. The third-order valence-corrected chi connectivity index (χ3v) is 4.17. The predicted molar refractivity (Wildman–Crippen MR) is 86.4 cm³/mol. The van der Waals surface area contributed by atoms with Crippen molar-refractivity contribution in [1.29, 1.82) is 0 Å². The molecule has 1 atom stereocenters. The molecule has 1 aromatic heterocycles. The highest BCUT2D eigenvalue weighted by Crippen LogP contribution is 2.36. The normalized spacial score (nSPS) is 14.8. The molecule has 3 rings (SSSR count). The Kier molecular flexibility index (Phi) is 4.26. The van der Waals surface area contributed by atoms with Gasteiger partial charge in [0.15, 0.2) is 0 Å². The lowest BCUT2D eigenvalue weighted by atomic mass is 10.1. The lowest BCUT2D eigenvalue weighted by Crippen LogP contribution is -2.35. The number of carbonyl (C=O) groups excluding carboxylic acids is 1. The van der Waals surface area contributed by atoms with Gasteiger partial charge in [0.05, 0.1) is 22.8 Å². The summed E-state index contributed by atoms with van der Waals surface area (Å²) in [5, 5.41) is 20.2. The second-order valence-electron chi connectivity index (χ2n) is 5.97. The van der Waals surface area contributed by atoms with E-state index in [4.69, 9.17) is 9.52 Å². The van der Waals surface area contributed by atoms with Crippen LogP contribution in [0.25, 0.3) is 0 Å². The number of benzene rings is 1. The molecule has 0 spiro atoms. The molecule has 8 heteroatoms. The van der Waals surface area contributed by atoms with Gasteiger partial charge in [0.1, 0.15) is 5.76 Å². The Hall–Kier alpha value is -3.16. The van der Waals surface area contributed by atoms with E-state index in [2.05, 4.69) is 0 Å². The van der Waals surface area contributed by atoms with Gasteiger partial charge in [0, 0.05) is 23.7 Å². The van der Waals surface area contributed by atoms with E-state index < -0.39 is 22.5 Å². The third kappa shape index (κ3) is 3.37. The summed E-state index contributed by atoms with van der Waals surface area (Å²) in [5.41, 5.74) is -0.736. The van der Waals surface area contributed by atoms with Crippen LogP contribution < -0.4 is 0 Å². The molecule has 1 aromatic carbocycles. The van der Waals surface area contributed by atoms with Crippen LogP contribution in [0.3, 0.4) is 0 Å². The molecule has 1 heterocycles. The Bertz CT molecular complexity index is 793. The summed E-state index contributed by atoms with van der Waals surface area (Å²) in [6.07, 6.45) is 3.17. The minimum atomic E-state index is -1.32. The number of furan rings is 1. The van der Waals surface area contributed by atoms with Gasteiger partial charge >= 0.3 is 5.97 Å². The Morgan fingerprint density at radius 2 is 2.00 bits per heavy atom. The van der Waals surface area contributed by atoms with Gasteiger partial charge in [-0.2, -0.15) is 0 Å². The molecule has 0 aliphatic heterocycles. The molecule has 25 heavy (non-hydrogen) atoms. The number of carboxylic acid groups (broad SMARTS) is 1. The van der Waals surface area contributed by atoms with Crippen molar-refractivity contribution in [2.75, 3.05) is 0 Å². The summed E-state index contributed by atoms with van der Waals surface area (Å²) in [7, 11) is 0. The Balaban J connectivity index is 2.00. The summed E-state index contributed by atoms with van der Waals surface area (Å²) < 4.78 is 5.37. The molecule has 1 saturated carbocycles. The van der Waals surface area contributed by atoms with Crippen LogP contribution in [0.4, 0.5) is 5.69 Å². The van der Waals surface area contributed by atoms with Crippen LogP contribution in [0.1, 0.15) is 52.3 Å². The first-order chi connectivity index (χ1) is 11.9. The van der Waals surface area contributed by atoms with Crippen molar-refractivity contribution >= 4 is 17.6 Å². The Labute approximate surface area is 142 Å². The standard InChI is InChI=1S/C17H16N2O6/c1-10(15-3-2-6-25-15)18(13-4-5-13)16(20)11-7-12(17(21)22)9-14(8-11)19(23)24/h2-3,6-10,13H,4-5H2,1H3,(H,21,22). The topological polar surface area (TPSA) is 114 Å². The molecule has 2 aromatic rings. The minimum Gasteiger partial charge on any atom is -0.478 e. The fourth-order valence-corrected chi connectivity index (χ4v) is 2.79. The zero-order valence-corrected chi connectivity index (χ0v) is 13.4. The van der Waals surface area contributed by atoms with E-state index in [9.17, 15) is 19.7 Å². The van der Waals surface area contributed by atoms with Crippen LogP contribution in [-0.2, 0) is 0 Å². The van der Waals surface area contributed by atoms with Crippen LogP contribution in [0.15, 0.2) is 41.0 Å². The highest BCUT2D eigenvalue weighted by molar-refractivity contribution is 5.99. The van der Waals surface area contributed by atoms with Crippen LogP contribution in [0.5, 0.6) is 0 Å². The average molecular weight is 344 g/mol. The van der Waals surface area contributed by atoms with E-state index in [1.807, 2.05) is 6.92 Å². The van der Waals surface area contributed by atoms with Crippen molar-refractivity contribution in [3.63, 3.8) is 0 Å². The number of hydrogen-bond donors (Lipinski definition) is 1. The van der Waals surface area contributed by atoms with Crippen molar-refractivity contribution in [3.05, 3.63) is 63.6 Å². The fourth-order valence-electron chi connectivity index (χ4n) is 2.79. The SMILES string of the molecule is CC(c1ccco1)N(C(=O)c1cc(C(=O)O)cc([N+](=O)[O-])c1)C1CC1. The van der Waals surface area contributed by atoms with E-state index >= 15 is 0 Å². The van der Waals surface area contributed by atoms with Crippen LogP contribution in [0, 0.1) is 10.1 Å². The van der Waals surface area contributed by atoms with Crippen molar-refractivity contribution in [2.24, 2.45) is 0 Å². The highest BCUT2D eigenvalue weighted by Gasteiger charge is 2.38. The Morgan fingerprint density at radius 3 is 2.52 bits per heavy atom. The molecule has 1 fully saturated rings.